The summed E-state index contributed by atoms with van der Waals surface area (Å²) in [5.41, 5.74) is 2.30. The molecule has 2 fully saturated rings. The second-order valence-electron chi connectivity index (χ2n) is 8.38. The Hall–Kier alpha value is -2.65. The molecule has 0 spiro atoms. The van der Waals surface area contributed by atoms with Gasteiger partial charge in [-0.3, -0.25) is 14.4 Å². The van der Waals surface area contributed by atoms with E-state index < -0.39 is 0 Å². The molecule has 0 aliphatic carbocycles. The van der Waals surface area contributed by atoms with Gasteiger partial charge in [-0.15, -0.1) is 11.3 Å². The van der Waals surface area contributed by atoms with Crippen LogP contribution in [0.15, 0.2) is 30.3 Å². The van der Waals surface area contributed by atoms with E-state index >= 15 is 0 Å². The molecule has 0 saturated carbocycles. The third-order valence-electron chi connectivity index (χ3n) is 5.97. The fourth-order valence-electron chi connectivity index (χ4n) is 4.10. The van der Waals surface area contributed by atoms with Crippen molar-refractivity contribution in [1.82, 2.24) is 15.1 Å². The molecule has 1 aromatic carbocycles. The van der Waals surface area contributed by atoms with E-state index in [1.807, 2.05) is 50.0 Å². The molecule has 3 amide bonds. The van der Waals surface area contributed by atoms with Crippen molar-refractivity contribution < 1.29 is 14.4 Å². The molecule has 0 radical (unpaired) electrons. The maximum atomic E-state index is 12.9. The van der Waals surface area contributed by atoms with Gasteiger partial charge in [-0.2, -0.15) is 0 Å². The zero-order valence-corrected chi connectivity index (χ0v) is 19.0. The molecule has 2 saturated heterocycles. The number of likely N-dealkylation sites (N-methyl/N-ethyl adjacent to an activating group) is 1. The largest absolute Gasteiger partial charge is 0.346 e. The first-order valence-electron chi connectivity index (χ1n) is 10.6. The van der Waals surface area contributed by atoms with Crippen LogP contribution < -0.4 is 15.0 Å². The third kappa shape index (κ3) is 4.67. The van der Waals surface area contributed by atoms with E-state index in [2.05, 4.69) is 17.3 Å². The zero-order valence-electron chi connectivity index (χ0n) is 18.2. The summed E-state index contributed by atoms with van der Waals surface area (Å²) < 4.78 is 1.08. The van der Waals surface area contributed by atoms with Gasteiger partial charge in [0.25, 0.3) is 11.8 Å². The standard InChI is InChI=1S/C22H27BN4O3S/c1-14-11-16(3-4-17(14)22(30)26-9-7-25(2)8-10-26)27-13-15(12-20(27)28)24-21(29)18-5-6-19(23)31-18/h3-6,11,15H,7-10,12-13,23H2,1-2H3,(H,24,29). The molecule has 9 heteroatoms. The minimum Gasteiger partial charge on any atom is -0.346 e. The van der Waals surface area contributed by atoms with Gasteiger partial charge in [0, 0.05) is 50.4 Å². The van der Waals surface area contributed by atoms with Crippen LogP contribution in [0, 0.1) is 6.92 Å². The van der Waals surface area contributed by atoms with E-state index in [0.29, 0.717) is 17.0 Å². The second kappa shape index (κ2) is 8.84. The molecule has 7 nitrogen and oxygen atoms in total. The molecular weight excluding hydrogens is 411 g/mol. The minimum atomic E-state index is -0.227. The Kier molecular flexibility index (Phi) is 6.16. The van der Waals surface area contributed by atoms with Gasteiger partial charge in [-0.25, -0.2) is 0 Å². The summed E-state index contributed by atoms with van der Waals surface area (Å²) in [4.78, 5) is 44.4. The predicted molar refractivity (Wildman–Crippen MR) is 125 cm³/mol. The summed E-state index contributed by atoms with van der Waals surface area (Å²) in [6, 6.07) is 9.05. The second-order valence-corrected chi connectivity index (χ2v) is 9.67. The van der Waals surface area contributed by atoms with Crippen LogP contribution in [0.1, 0.15) is 32.0 Å². The number of nitrogens with zero attached hydrogens (tertiary/aromatic N) is 3. The first-order chi connectivity index (χ1) is 14.8. The fourth-order valence-corrected chi connectivity index (χ4v) is 4.87. The number of amides is 3. The molecule has 0 bridgehead atoms. The topological polar surface area (TPSA) is 73.0 Å². The Morgan fingerprint density at radius 2 is 1.87 bits per heavy atom. The van der Waals surface area contributed by atoms with Crippen LogP contribution >= 0.6 is 11.3 Å². The quantitative estimate of drug-likeness (QED) is 0.695. The van der Waals surface area contributed by atoms with Gasteiger partial charge in [-0.1, -0.05) is 6.07 Å². The molecule has 1 unspecified atom stereocenters. The number of nitrogens with one attached hydrogen (secondary N) is 1. The minimum absolute atomic E-state index is 0.0230. The smallest absolute Gasteiger partial charge is 0.261 e. The van der Waals surface area contributed by atoms with E-state index in [9.17, 15) is 14.4 Å². The number of rotatable bonds is 4. The maximum Gasteiger partial charge on any atom is 0.261 e. The van der Waals surface area contributed by atoms with Gasteiger partial charge >= 0.3 is 0 Å². The number of hydrogen-bond donors (Lipinski definition) is 1. The van der Waals surface area contributed by atoms with Gasteiger partial charge in [0.1, 0.15) is 0 Å². The van der Waals surface area contributed by atoms with Gasteiger partial charge in [-0.05, 0) is 48.6 Å². The van der Waals surface area contributed by atoms with Crippen molar-refractivity contribution in [3.63, 3.8) is 0 Å². The lowest BCUT2D eigenvalue weighted by molar-refractivity contribution is -0.117. The van der Waals surface area contributed by atoms with Crippen LogP contribution in [0.2, 0.25) is 0 Å². The van der Waals surface area contributed by atoms with Gasteiger partial charge in [0.15, 0.2) is 7.85 Å². The highest BCUT2D eigenvalue weighted by Gasteiger charge is 2.32. The Balaban J connectivity index is 1.42. The highest BCUT2D eigenvalue weighted by Crippen LogP contribution is 2.25. The molecule has 2 aliphatic rings. The van der Waals surface area contributed by atoms with Crippen LogP contribution in [0.3, 0.4) is 0 Å². The lowest BCUT2D eigenvalue weighted by Gasteiger charge is -2.32. The Bertz CT molecular complexity index is 1020. The van der Waals surface area contributed by atoms with Crippen molar-refractivity contribution in [2.24, 2.45) is 0 Å². The summed E-state index contributed by atoms with van der Waals surface area (Å²) in [6.45, 7) is 5.55. The van der Waals surface area contributed by atoms with E-state index in [0.717, 1.165) is 42.2 Å². The molecule has 2 aliphatic heterocycles. The van der Waals surface area contributed by atoms with E-state index in [1.165, 1.54) is 11.3 Å². The number of anilines is 1. The van der Waals surface area contributed by atoms with Crippen LogP contribution in [-0.2, 0) is 4.79 Å². The van der Waals surface area contributed by atoms with Crippen molar-refractivity contribution in [2.75, 3.05) is 44.7 Å². The summed E-state index contributed by atoms with van der Waals surface area (Å²) in [5, 5.41) is 2.97. The van der Waals surface area contributed by atoms with E-state index in [1.54, 1.807) is 4.90 Å². The molecule has 1 atom stereocenters. The average molecular weight is 438 g/mol. The number of aryl methyl sites for hydroxylation is 1. The molecule has 1 N–H and O–H groups in total. The Morgan fingerprint density at radius 1 is 1.13 bits per heavy atom. The van der Waals surface area contributed by atoms with Crippen LogP contribution in [0.4, 0.5) is 5.69 Å². The number of benzene rings is 1. The van der Waals surface area contributed by atoms with Crippen molar-refractivity contribution in [1.29, 1.82) is 0 Å². The maximum absolute atomic E-state index is 12.9. The number of carbonyl (C=O) groups is 3. The molecule has 4 rings (SSSR count). The number of hydrogen-bond acceptors (Lipinski definition) is 5. The summed E-state index contributed by atoms with van der Waals surface area (Å²) in [5.74, 6) is -0.117. The highest BCUT2D eigenvalue weighted by atomic mass is 32.1. The zero-order chi connectivity index (χ0) is 22.1. The van der Waals surface area contributed by atoms with Crippen LogP contribution in [-0.4, -0.2) is 81.2 Å². The molecule has 31 heavy (non-hydrogen) atoms. The lowest BCUT2D eigenvalue weighted by Crippen LogP contribution is -2.47. The van der Waals surface area contributed by atoms with Crippen molar-refractivity contribution >= 4 is 47.4 Å². The first-order valence-corrected chi connectivity index (χ1v) is 11.4. The van der Waals surface area contributed by atoms with Crippen LogP contribution in [0.5, 0.6) is 0 Å². The van der Waals surface area contributed by atoms with E-state index in [4.69, 9.17) is 0 Å². The van der Waals surface area contributed by atoms with E-state index in [-0.39, 0.29) is 30.2 Å². The third-order valence-corrected chi connectivity index (χ3v) is 6.97. The molecule has 162 valence electrons. The lowest BCUT2D eigenvalue weighted by atomic mass is 10.1. The normalized spacial score (nSPS) is 19.7. The predicted octanol–water partition coefficient (Wildman–Crippen LogP) is 0.238. The highest BCUT2D eigenvalue weighted by molar-refractivity contribution is 7.21. The molecule has 3 heterocycles. The van der Waals surface area contributed by atoms with Gasteiger partial charge in [0.05, 0.1) is 10.9 Å². The number of piperazine rings is 1. The Labute approximate surface area is 187 Å². The van der Waals surface area contributed by atoms with Crippen molar-refractivity contribution in [3.8, 4) is 0 Å². The molecule has 1 aromatic heterocycles. The fraction of sp³-hybridized carbons (Fsp3) is 0.409. The number of thiophene rings is 1. The molecule has 2 aromatic rings. The average Bonchev–Trinajstić information content (AvgIpc) is 3.33. The Morgan fingerprint density at radius 3 is 2.52 bits per heavy atom. The monoisotopic (exact) mass is 438 g/mol. The first kappa shape index (κ1) is 21.6. The van der Waals surface area contributed by atoms with Gasteiger partial charge in [0.2, 0.25) is 5.91 Å². The van der Waals surface area contributed by atoms with Crippen molar-refractivity contribution in [2.45, 2.75) is 19.4 Å². The summed E-state index contributed by atoms with van der Waals surface area (Å²) in [7, 11) is 4.02. The summed E-state index contributed by atoms with van der Waals surface area (Å²) >= 11 is 1.45. The summed E-state index contributed by atoms with van der Waals surface area (Å²) in [6.07, 6.45) is 0.275. The SMILES string of the molecule is Bc1ccc(C(=O)NC2CC(=O)N(c3ccc(C(=O)N4CCN(C)CC4)c(C)c3)C2)s1. The number of carbonyl (C=O) groups excluding carboxylic acids is 3. The van der Waals surface area contributed by atoms with Gasteiger partial charge < -0.3 is 20.0 Å². The van der Waals surface area contributed by atoms with Crippen LogP contribution in [0.25, 0.3) is 0 Å². The molecular formula is C22H27BN4O3S. The van der Waals surface area contributed by atoms with Crippen molar-refractivity contribution in [3.05, 3.63) is 46.3 Å².